The number of nitrogens with zero attached hydrogens (tertiary/aromatic N) is 3. The number of anilines is 1. The van der Waals surface area contributed by atoms with E-state index >= 15 is 0 Å². The van der Waals surface area contributed by atoms with Gasteiger partial charge in [-0.1, -0.05) is 11.6 Å². The monoisotopic (exact) mass is 466 g/mol. The molecule has 3 aromatic rings. The van der Waals surface area contributed by atoms with Gasteiger partial charge >= 0.3 is 5.69 Å². The number of amides is 1. The molecule has 1 amide bonds. The van der Waals surface area contributed by atoms with Gasteiger partial charge in [0.25, 0.3) is 10.0 Å². The van der Waals surface area contributed by atoms with E-state index < -0.39 is 22.5 Å². The summed E-state index contributed by atoms with van der Waals surface area (Å²) in [5, 5.41) is 3.06. The van der Waals surface area contributed by atoms with E-state index in [1.54, 1.807) is 32.3 Å². The molecule has 0 saturated heterocycles. The number of halogens is 1. The Balaban J connectivity index is 2.05. The number of aromatic nitrogens is 2. The summed E-state index contributed by atoms with van der Waals surface area (Å²) in [5.41, 5.74) is 1.08. The van der Waals surface area contributed by atoms with Crippen LogP contribution in [0.25, 0.3) is 11.0 Å². The topological polar surface area (TPSA) is 103 Å². The number of carbonyl (C=O) groups is 1. The van der Waals surface area contributed by atoms with Crippen LogP contribution in [-0.2, 0) is 33.7 Å². The Bertz CT molecular complexity index is 1270. The average Bonchev–Trinajstić information content (AvgIpc) is 2.96. The first-order chi connectivity index (χ1) is 14.7. The summed E-state index contributed by atoms with van der Waals surface area (Å²) in [6.07, 6.45) is 0. The highest BCUT2D eigenvalue weighted by Gasteiger charge is 2.28. The van der Waals surface area contributed by atoms with Gasteiger partial charge in [0.05, 0.1) is 28.2 Å². The molecule has 0 unspecified atom stereocenters. The Morgan fingerprint density at radius 2 is 1.74 bits per heavy atom. The number of rotatable bonds is 8. The van der Waals surface area contributed by atoms with Gasteiger partial charge in [0.1, 0.15) is 6.54 Å². The third-order valence-electron chi connectivity index (χ3n) is 4.86. The lowest BCUT2D eigenvalue weighted by Gasteiger charge is -2.24. The quantitative estimate of drug-likeness (QED) is 0.507. The predicted octanol–water partition coefficient (Wildman–Crippen LogP) is 1.49. The first-order valence-corrected chi connectivity index (χ1v) is 11.2. The van der Waals surface area contributed by atoms with Crippen molar-refractivity contribution in [3.05, 3.63) is 58.0 Å². The average molecular weight is 467 g/mol. The molecule has 2 aromatic carbocycles. The van der Waals surface area contributed by atoms with Crippen LogP contribution >= 0.6 is 11.6 Å². The molecule has 9 nitrogen and oxygen atoms in total. The van der Waals surface area contributed by atoms with Crippen molar-refractivity contribution in [3.8, 4) is 0 Å². The van der Waals surface area contributed by atoms with Crippen LogP contribution in [0.15, 0.2) is 52.2 Å². The second kappa shape index (κ2) is 9.13. The first kappa shape index (κ1) is 22.9. The number of carbonyl (C=O) groups excluding carboxylic acids is 1. The van der Waals surface area contributed by atoms with Gasteiger partial charge in [-0.25, -0.2) is 13.2 Å². The lowest BCUT2D eigenvalue weighted by Crippen LogP contribution is -2.41. The maximum Gasteiger partial charge on any atom is 0.328 e. The van der Waals surface area contributed by atoms with Gasteiger partial charge in [0.15, 0.2) is 0 Å². The Hall–Kier alpha value is -2.82. The maximum atomic E-state index is 13.5. The molecule has 0 saturated carbocycles. The molecule has 166 valence electrons. The minimum atomic E-state index is -4.13. The molecule has 0 fully saturated rings. The van der Waals surface area contributed by atoms with Crippen LogP contribution in [0.4, 0.5) is 5.69 Å². The summed E-state index contributed by atoms with van der Waals surface area (Å²) in [5.74, 6) is -0.483. The molecule has 1 N–H and O–H groups in total. The van der Waals surface area contributed by atoms with Crippen molar-refractivity contribution in [2.45, 2.75) is 4.90 Å². The van der Waals surface area contributed by atoms with E-state index in [9.17, 15) is 18.0 Å². The van der Waals surface area contributed by atoms with Gasteiger partial charge in [0.2, 0.25) is 5.91 Å². The van der Waals surface area contributed by atoms with Crippen LogP contribution in [0.3, 0.4) is 0 Å². The van der Waals surface area contributed by atoms with E-state index in [4.69, 9.17) is 16.3 Å². The Kier molecular flexibility index (Phi) is 6.73. The number of fused-ring (bicyclic) bond motifs is 1. The van der Waals surface area contributed by atoms with E-state index in [0.29, 0.717) is 22.7 Å². The fraction of sp³-hybridized carbons (Fsp3) is 0.300. The standard InChI is InChI=1S/C20H23ClN4O5S/c1-23-17-9-8-16(12-18(17)24(2)20(23)27)31(28,29)25(13-19(26)22-10-11-30-3)15-6-4-14(21)5-7-15/h4-9,12H,10-11,13H2,1-3H3,(H,22,26). The number of nitrogens with one attached hydrogen (secondary N) is 1. The molecular formula is C20H23ClN4O5S. The van der Waals surface area contributed by atoms with E-state index in [0.717, 1.165) is 4.31 Å². The normalized spacial score (nSPS) is 11.6. The lowest BCUT2D eigenvalue weighted by atomic mass is 10.3. The summed E-state index contributed by atoms with van der Waals surface area (Å²) in [6, 6.07) is 10.6. The summed E-state index contributed by atoms with van der Waals surface area (Å²) >= 11 is 5.94. The number of ether oxygens (including phenoxy) is 1. The van der Waals surface area contributed by atoms with Crippen LogP contribution in [0.2, 0.25) is 5.02 Å². The molecule has 0 spiro atoms. The van der Waals surface area contributed by atoms with Gasteiger partial charge in [-0.3, -0.25) is 18.2 Å². The van der Waals surface area contributed by atoms with Crippen LogP contribution in [-0.4, -0.2) is 50.3 Å². The number of benzene rings is 2. The first-order valence-electron chi connectivity index (χ1n) is 9.36. The molecule has 0 atom stereocenters. The summed E-state index contributed by atoms with van der Waals surface area (Å²) in [6.45, 7) is 0.125. The van der Waals surface area contributed by atoms with Gasteiger partial charge in [-0.2, -0.15) is 0 Å². The zero-order valence-corrected chi connectivity index (χ0v) is 18.9. The fourth-order valence-corrected chi connectivity index (χ4v) is 4.74. The predicted molar refractivity (Wildman–Crippen MR) is 119 cm³/mol. The zero-order valence-electron chi connectivity index (χ0n) is 17.3. The van der Waals surface area contributed by atoms with Crippen molar-refractivity contribution >= 4 is 44.3 Å². The van der Waals surface area contributed by atoms with Gasteiger partial charge in [0, 0.05) is 32.8 Å². The molecule has 0 radical (unpaired) electrons. The molecule has 0 aliphatic heterocycles. The van der Waals surface area contributed by atoms with Crippen molar-refractivity contribution in [2.24, 2.45) is 14.1 Å². The number of methoxy groups -OCH3 is 1. The molecule has 1 heterocycles. The van der Waals surface area contributed by atoms with Crippen molar-refractivity contribution in [2.75, 3.05) is 31.1 Å². The van der Waals surface area contributed by atoms with Crippen molar-refractivity contribution < 1.29 is 17.9 Å². The fourth-order valence-electron chi connectivity index (χ4n) is 3.18. The number of sulfonamides is 1. The number of hydrogen-bond acceptors (Lipinski definition) is 5. The van der Waals surface area contributed by atoms with Gasteiger partial charge in [-0.15, -0.1) is 0 Å². The van der Waals surface area contributed by atoms with E-state index in [2.05, 4.69) is 5.32 Å². The molecule has 11 heteroatoms. The lowest BCUT2D eigenvalue weighted by molar-refractivity contribution is -0.119. The molecule has 1 aromatic heterocycles. The van der Waals surface area contributed by atoms with Crippen LogP contribution in [0.1, 0.15) is 0 Å². The van der Waals surface area contributed by atoms with Gasteiger partial charge in [-0.05, 0) is 42.5 Å². The van der Waals surface area contributed by atoms with Crippen LogP contribution < -0.4 is 15.3 Å². The highest BCUT2D eigenvalue weighted by Crippen LogP contribution is 2.27. The molecule has 0 aliphatic rings. The van der Waals surface area contributed by atoms with Crippen molar-refractivity contribution in [1.29, 1.82) is 0 Å². The second-order valence-corrected chi connectivity index (χ2v) is 9.18. The SMILES string of the molecule is COCCNC(=O)CN(c1ccc(Cl)cc1)S(=O)(=O)c1ccc2c(c1)n(C)c(=O)n2C. The number of aryl methyl sites for hydroxylation is 2. The van der Waals surface area contributed by atoms with Gasteiger partial charge < -0.3 is 10.1 Å². The van der Waals surface area contributed by atoms with E-state index in [-0.39, 0.29) is 22.8 Å². The molecule has 3 rings (SSSR count). The Morgan fingerprint density at radius 3 is 2.39 bits per heavy atom. The molecular weight excluding hydrogens is 444 g/mol. The van der Waals surface area contributed by atoms with E-state index in [1.807, 2.05) is 0 Å². The minimum Gasteiger partial charge on any atom is -0.383 e. The molecule has 31 heavy (non-hydrogen) atoms. The molecule has 0 bridgehead atoms. The minimum absolute atomic E-state index is 0.0409. The number of hydrogen-bond donors (Lipinski definition) is 1. The third-order valence-corrected chi connectivity index (χ3v) is 6.88. The van der Waals surface area contributed by atoms with E-state index in [1.165, 1.54) is 40.5 Å². The number of imidazole rings is 1. The summed E-state index contributed by atoms with van der Waals surface area (Å²) in [4.78, 5) is 24.6. The van der Waals surface area contributed by atoms with Crippen molar-refractivity contribution in [3.63, 3.8) is 0 Å². The van der Waals surface area contributed by atoms with Crippen LogP contribution in [0.5, 0.6) is 0 Å². The highest BCUT2D eigenvalue weighted by molar-refractivity contribution is 7.92. The summed E-state index contributed by atoms with van der Waals surface area (Å²) in [7, 11) is 0.558. The van der Waals surface area contributed by atoms with Crippen LogP contribution in [0, 0.1) is 0 Å². The highest BCUT2D eigenvalue weighted by atomic mass is 35.5. The second-order valence-electron chi connectivity index (χ2n) is 6.88. The third kappa shape index (κ3) is 4.60. The zero-order chi connectivity index (χ0) is 22.8. The maximum absolute atomic E-state index is 13.5. The summed E-state index contributed by atoms with van der Waals surface area (Å²) < 4.78 is 35.8. The molecule has 0 aliphatic carbocycles. The Labute approximate surface area is 184 Å². The smallest absolute Gasteiger partial charge is 0.328 e. The van der Waals surface area contributed by atoms with Crippen molar-refractivity contribution in [1.82, 2.24) is 14.5 Å². The largest absolute Gasteiger partial charge is 0.383 e. The Morgan fingerprint density at radius 1 is 1.10 bits per heavy atom.